The summed E-state index contributed by atoms with van der Waals surface area (Å²) in [6.45, 7) is 0.395. The molecule has 1 heterocycles. The Kier molecular flexibility index (Phi) is 3.26. The van der Waals surface area contributed by atoms with Crippen molar-refractivity contribution >= 4 is 5.69 Å². The quantitative estimate of drug-likeness (QED) is 0.873. The Bertz CT molecular complexity index is 548. The number of benzene rings is 1. The van der Waals surface area contributed by atoms with Crippen LogP contribution in [0.25, 0.3) is 0 Å². The van der Waals surface area contributed by atoms with Crippen LogP contribution in [0.5, 0.6) is 0 Å². The Hall–Kier alpha value is -2.48. The van der Waals surface area contributed by atoms with Gasteiger partial charge in [0.1, 0.15) is 17.4 Å². The molecule has 0 spiro atoms. The van der Waals surface area contributed by atoms with Gasteiger partial charge in [-0.05, 0) is 24.3 Å². The molecule has 0 bridgehead atoms. The second-order valence-electron chi connectivity index (χ2n) is 3.34. The Balaban J connectivity index is 2.15. The smallest absolute Gasteiger partial charge is 0.143 e. The summed E-state index contributed by atoms with van der Waals surface area (Å²) in [5, 5.41) is 19.4. The summed E-state index contributed by atoms with van der Waals surface area (Å²) < 4.78 is 13.3. The lowest BCUT2D eigenvalue weighted by molar-refractivity contribution is 0.624. The van der Waals surface area contributed by atoms with E-state index in [1.165, 1.54) is 6.07 Å². The predicted molar refractivity (Wildman–Crippen MR) is 60.5 cm³/mol. The van der Waals surface area contributed by atoms with Gasteiger partial charge in [-0.3, -0.25) is 0 Å². The average molecular weight is 228 g/mol. The van der Waals surface area contributed by atoms with Crippen molar-refractivity contribution in [1.82, 2.24) is 10.2 Å². The molecule has 0 amide bonds. The standard InChI is InChI=1S/C12H9FN4/c13-11-4-1-5-12(10(11)7-14)15-8-9-3-2-6-16-17-9/h1-6,15H,8H2. The van der Waals surface area contributed by atoms with Gasteiger partial charge in [-0.2, -0.15) is 15.5 Å². The van der Waals surface area contributed by atoms with Crippen LogP contribution in [0.2, 0.25) is 0 Å². The third kappa shape index (κ3) is 2.55. The van der Waals surface area contributed by atoms with Crippen molar-refractivity contribution in [3.05, 3.63) is 53.6 Å². The maximum Gasteiger partial charge on any atom is 0.143 e. The van der Waals surface area contributed by atoms with Crippen LogP contribution in [0.4, 0.5) is 10.1 Å². The molecule has 0 aliphatic carbocycles. The van der Waals surface area contributed by atoms with Crippen molar-refractivity contribution < 1.29 is 4.39 Å². The number of rotatable bonds is 3. The Morgan fingerprint density at radius 3 is 2.88 bits per heavy atom. The maximum absolute atomic E-state index is 13.3. The van der Waals surface area contributed by atoms with Gasteiger partial charge in [-0.25, -0.2) is 4.39 Å². The summed E-state index contributed by atoms with van der Waals surface area (Å²) in [4.78, 5) is 0. The number of anilines is 1. The van der Waals surface area contributed by atoms with Gasteiger partial charge >= 0.3 is 0 Å². The molecule has 0 radical (unpaired) electrons. The topological polar surface area (TPSA) is 61.6 Å². The molecule has 0 saturated heterocycles. The zero-order chi connectivity index (χ0) is 12.1. The molecule has 0 saturated carbocycles. The fourth-order valence-corrected chi connectivity index (χ4v) is 1.40. The van der Waals surface area contributed by atoms with Crippen molar-refractivity contribution in [1.29, 1.82) is 5.26 Å². The van der Waals surface area contributed by atoms with Gasteiger partial charge in [0.15, 0.2) is 0 Å². The lowest BCUT2D eigenvalue weighted by atomic mass is 10.2. The predicted octanol–water partition coefficient (Wildman–Crippen LogP) is 2.10. The number of hydrogen-bond donors (Lipinski definition) is 1. The van der Waals surface area contributed by atoms with Crippen molar-refractivity contribution in [2.24, 2.45) is 0 Å². The number of halogens is 1. The van der Waals surface area contributed by atoms with E-state index in [4.69, 9.17) is 5.26 Å². The van der Waals surface area contributed by atoms with Gasteiger partial charge in [-0.1, -0.05) is 6.07 Å². The van der Waals surface area contributed by atoms with Crippen LogP contribution in [0.3, 0.4) is 0 Å². The van der Waals surface area contributed by atoms with Crippen LogP contribution < -0.4 is 5.32 Å². The molecular formula is C12H9FN4. The monoisotopic (exact) mass is 228 g/mol. The lowest BCUT2D eigenvalue weighted by Gasteiger charge is -2.07. The van der Waals surface area contributed by atoms with Crippen LogP contribution in [0.1, 0.15) is 11.3 Å². The van der Waals surface area contributed by atoms with Crippen LogP contribution >= 0.6 is 0 Å². The Labute approximate surface area is 97.7 Å². The van der Waals surface area contributed by atoms with Gasteiger partial charge < -0.3 is 5.32 Å². The molecule has 2 rings (SSSR count). The zero-order valence-corrected chi connectivity index (χ0v) is 8.89. The number of aromatic nitrogens is 2. The largest absolute Gasteiger partial charge is 0.378 e. The summed E-state index contributed by atoms with van der Waals surface area (Å²) >= 11 is 0. The van der Waals surface area contributed by atoms with Crippen LogP contribution in [0.15, 0.2) is 36.5 Å². The van der Waals surface area contributed by atoms with E-state index in [2.05, 4.69) is 15.5 Å². The second kappa shape index (κ2) is 5.03. The Morgan fingerprint density at radius 2 is 2.18 bits per heavy atom. The van der Waals surface area contributed by atoms with Crippen LogP contribution in [-0.4, -0.2) is 10.2 Å². The zero-order valence-electron chi connectivity index (χ0n) is 8.89. The van der Waals surface area contributed by atoms with Crippen molar-refractivity contribution in [2.75, 3.05) is 5.32 Å². The maximum atomic E-state index is 13.3. The van der Waals surface area contributed by atoms with Gasteiger partial charge in [0.05, 0.1) is 17.9 Å². The van der Waals surface area contributed by atoms with Gasteiger partial charge in [0.25, 0.3) is 0 Å². The van der Waals surface area contributed by atoms with E-state index in [0.717, 1.165) is 5.69 Å². The van der Waals surface area contributed by atoms with Crippen molar-refractivity contribution in [3.8, 4) is 6.07 Å². The summed E-state index contributed by atoms with van der Waals surface area (Å²) in [6.07, 6.45) is 1.58. The Morgan fingerprint density at radius 1 is 1.29 bits per heavy atom. The highest BCUT2D eigenvalue weighted by molar-refractivity contribution is 5.57. The molecule has 0 fully saturated rings. The number of nitrogens with zero attached hydrogens (tertiary/aromatic N) is 3. The molecule has 5 heteroatoms. The minimum absolute atomic E-state index is 0.0105. The third-order valence-electron chi connectivity index (χ3n) is 2.21. The second-order valence-corrected chi connectivity index (χ2v) is 3.34. The van der Waals surface area contributed by atoms with E-state index >= 15 is 0 Å². The van der Waals surface area contributed by atoms with Crippen LogP contribution in [-0.2, 0) is 6.54 Å². The highest BCUT2D eigenvalue weighted by Crippen LogP contribution is 2.18. The first-order chi connectivity index (χ1) is 8.31. The van der Waals surface area contributed by atoms with Crippen molar-refractivity contribution in [2.45, 2.75) is 6.54 Å². The number of nitrogens with one attached hydrogen (secondary N) is 1. The molecule has 1 aromatic carbocycles. The fourth-order valence-electron chi connectivity index (χ4n) is 1.40. The molecular weight excluding hydrogens is 219 g/mol. The number of hydrogen-bond acceptors (Lipinski definition) is 4. The summed E-state index contributed by atoms with van der Waals surface area (Å²) in [6, 6.07) is 9.85. The molecule has 0 aliphatic heterocycles. The molecule has 4 nitrogen and oxygen atoms in total. The summed E-state index contributed by atoms with van der Waals surface area (Å²) in [5.74, 6) is -0.531. The normalized spacial score (nSPS) is 9.65. The molecule has 1 N–H and O–H groups in total. The third-order valence-corrected chi connectivity index (χ3v) is 2.21. The first kappa shape index (κ1) is 11.0. The molecule has 0 atom stereocenters. The van der Waals surface area contributed by atoms with Crippen LogP contribution in [0, 0.1) is 17.1 Å². The van der Waals surface area contributed by atoms with E-state index in [1.807, 2.05) is 6.07 Å². The van der Waals surface area contributed by atoms with Gasteiger partial charge in [-0.15, -0.1) is 0 Å². The first-order valence-electron chi connectivity index (χ1n) is 5.00. The molecule has 2 aromatic rings. The van der Waals surface area contributed by atoms with E-state index < -0.39 is 5.82 Å². The molecule has 84 valence electrons. The summed E-state index contributed by atoms with van der Waals surface area (Å²) in [5.41, 5.74) is 1.19. The first-order valence-corrected chi connectivity index (χ1v) is 5.00. The van der Waals surface area contributed by atoms with E-state index in [9.17, 15) is 4.39 Å². The SMILES string of the molecule is N#Cc1c(F)cccc1NCc1cccnn1. The molecule has 17 heavy (non-hydrogen) atoms. The number of nitriles is 1. The highest BCUT2D eigenvalue weighted by Gasteiger charge is 2.07. The molecule has 1 aromatic heterocycles. The lowest BCUT2D eigenvalue weighted by Crippen LogP contribution is -2.04. The molecule has 0 aliphatic rings. The minimum atomic E-state index is -0.531. The highest BCUT2D eigenvalue weighted by atomic mass is 19.1. The van der Waals surface area contributed by atoms with Gasteiger partial charge in [0.2, 0.25) is 0 Å². The van der Waals surface area contributed by atoms with E-state index in [0.29, 0.717) is 12.2 Å². The van der Waals surface area contributed by atoms with Crippen molar-refractivity contribution in [3.63, 3.8) is 0 Å². The summed E-state index contributed by atoms with van der Waals surface area (Å²) in [7, 11) is 0. The minimum Gasteiger partial charge on any atom is -0.378 e. The van der Waals surface area contributed by atoms with Gasteiger partial charge in [0, 0.05) is 6.20 Å². The van der Waals surface area contributed by atoms with E-state index in [1.54, 1.807) is 30.5 Å². The molecule has 0 unspecified atom stereocenters. The van der Waals surface area contributed by atoms with E-state index in [-0.39, 0.29) is 5.56 Å². The fraction of sp³-hybridized carbons (Fsp3) is 0.0833. The average Bonchev–Trinajstić information content (AvgIpc) is 2.37.